The molecule has 0 atom stereocenters. The van der Waals surface area contributed by atoms with E-state index >= 15 is 0 Å². The molecule has 4 rings (SSSR count). The second-order valence-corrected chi connectivity index (χ2v) is 6.55. The first-order valence-electron chi connectivity index (χ1n) is 9.48. The van der Waals surface area contributed by atoms with Crippen LogP contribution in [0.2, 0.25) is 0 Å². The summed E-state index contributed by atoms with van der Waals surface area (Å²) in [4.78, 5) is 24.3. The number of carbonyl (C=O) groups is 1. The van der Waals surface area contributed by atoms with E-state index in [9.17, 15) is 9.18 Å². The number of ether oxygens (including phenoxy) is 2. The van der Waals surface area contributed by atoms with Crippen LogP contribution in [0.3, 0.4) is 0 Å². The molecule has 2 aromatic heterocycles. The number of aromatic nitrogens is 3. The molecule has 8 nitrogen and oxygen atoms in total. The van der Waals surface area contributed by atoms with E-state index in [4.69, 9.17) is 9.47 Å². The lowest BCUT2D eigenvalue weighted by molar-refractivity contribution is -0.111. The Morgan fingerprint density at radius 3 is 2.75 bits per heavy atom. The lowest BCUT2D eigenvalue weighted by atomic mass is 10.2. The molecule has 0 saturated carbocycles. The molecule has 32 heavy (non-hydrogen) atoms. The van der Waals surface area contributed by atoms with Crippen LogP contribution in [0, 0.1) is 5.82 Å². The van der Waals surface area contributed by atoms with Gasteiger partial charge in [0, 0.05) is 23.2 Å². The number of nitrogens with zero attached hydrogens (tertiary/aromatic N) is 3. The number of nitrogens with one attached hydrogen (secondary N) is 2. The third kappa shape index (κ3) is 4.62. The molecule has 9 heteroatoms. The molecule has 2 N–H and O–H groups in total. The van der Waals surface area contributed by atoms with Crippen LogP contribution < -0.4 is 20.1 Å². The molecule has 0 fully saturated rings. The number of methoxy groups -OCH3 is 1. The third-order valence-electron chi connectivity index (χ3n) is 4.41. The van der Waals surface area contributed by atoms with Gasteiger partial charge in [-0.2, -0.15) is 0 Å². The average Bonchev–Trinajstić information content (AvgIpc) is 2.80. The normalized spacial score (nSPS) is 10.4. The first-order chi connectivity index (χ1) is 15.6. The summed E-state index contributed by atoms with van der Waals surface area (Å²) < 4.78 is 24.6. The second-order valence-electron chi connectivity index (χ2n) is 6.55. The van der Waals surface area contributed by atoms with Crippen molar-refractivity contribution in [2.24, 2.45) is 0 Å². The van der Waals surface area contributed by atoms with Crippen molar-refractivity contribution in [2.45, 2.75) is 0 Å². The molecular formula is C23H18FN5O3. The maximum Gasteiger partial charge on any atom is 0.248 e. The van der Waals surface area contributed by atoms with Crippen LogP contribution in [-0.2, 0) is 4.79 Å². The Morgan fingerprint density at radius 1 is 1.09 bits per heavy atom. The van der Waals surface area contributed by atoms with Gasteiger partial charge < -0.3 is 20.1 Å². The quantitative estimate of drug-likeness (QED) is 0.404. The number of rotatable bonds is 7. The van der Waals surface area contributed by atoms with Gasteiger partial charge in [-0.25, -0.2) is 19.3 Å². The van der Waals surface area contributed by atoms with Crippen LogP contribution >= 0.6 is 0 Å². The standard InChI is InChI=1S/C23H18FN5O3/c1-3-22(30)29-21-11-17-18(12-25-21)26-13-27-23(17)28-15-7-8-19(20(10-15)31-2)32-16-6-4-5-14(24)9-16/h3-13H,1H2,2H3,(H,25,29,30)(H,26,27,28). The van der Waals surface area contributed by atoms with E-state index in [0.29, 0.717) is 45.5 Å². The van der Waals surface area contributed by atoms with Crippen LogP contribution in [0.25, 0.3) is 10.9 Å². The highest BCUT2D eigenvalue weighted by Gasteiger charge is 2.11. The Morgan fingerprint density at radius 2 is 1.97 bits per heavy atom. The third-order valence-corrected chi connectivity index (χ3v) is 4.41. The van der Waals surface area contributed by atoms with Crippen molar-refractivity contribution in [1.29, 1.82) is 0 Å². The SMILES string of the molecule is C=CC(=O)Nc1cc2c(Nc3ccc(Oc4cccc(F)c4)c(OC)c3)ncnc2cn1. The second kappa shape index (κ2) is 9.09. The number of pyridine rings is 1. The first kappa shape index (κ1) is 20.7. The van der Waals surface area contributed by atoms with Gasteiger partial charge in [-0.3, -0.25) is 4.79 Å². The highest BCUT2D eigenvalue weighted by molar-refractivity contribution is 6.00. The molecule has 0 radical (unpaired) electrons. The molecule has 160 valence electrons. The lowest BCUT2D eigenvalue weighted by Crippen LogP contribution is -2.09. The highest BCUT2D eigenvalue weighted by atomic mass is 19.1. The highest BCUT2D eigenvalue weighted by Crippen LogP contribution is 2.35. The summed E-state index contributed by atoms with van der Waals surface area (Å²) in [5.41, 5.74) is 1.26. The lowest BCUT2D eigenvalue weighted by Gasteiger charge is -2.14. The summed E-state index contributed by atoms with van der Waals surface area (Å²) in [6.45, 7) is 3.43. The molecule has 2 aromatic carbocycles. The van der Waals surface area contributed by atoms with E-state index in [1.165, 1.54) is 31.8 Å². The Hall–Kier alpha value is -4.53. The van der Waals surface area contributed by atoms with E-state index < -0.39 is 5.82 Å². The van der Waals surface area contributed by atoms with Gasteiger partial charge in [0.05, 0.1) is 18.8 Å². The smallest absolute Gasteiger partial charge is 0.248 e. The maximum absolute atomic E-state index is 13.4. The van der Waals surface area contributed by atoms with Gasteiger partial charge in [0.2, 0.25) is 5.91 Å². The number of halogens is 1. The zero-order valence-corrected chi connectivity index (χ0v) is 17.0. The zero-order chi connectivity index (χ0) is 22.5. The molecule has 0 aliphatic carbocycles. The van der Waals surface area contributed by atoms with E-state index in [-0.39, 0.29) is 5.91 Å². The summed E-state index contributed by atoms with van der Waals surface area (Å²) in [7, 11) is 1.51. The van der Waals surface area contributed by atoms with E-state index in [1.807, 2.05) is 0 Å². The predicted octanol–water partition coefficient (Wildman–Crippen LogP) is 4.83. The van der Waals surface area contributed by atoms with Gasteiger partial charge in [0.25, 0.3) is 0 Å². The van der Waals surface area contributed by atoms with Crippen molar-refractivity contribution in [3.05, 3.63) is 79.5 Å². The Kier molecular flexibility index (Phi) is 5.89. The van der Waals surface area contributed by atoms with E-state index in [1.54, 1.807) is 36.4 Å². The number of amides is 1. The van der Waals surface area contributed by atoms with Gasteiger partial charge in [-0.1, -0.05) is 12.6 Å². The summed E-state index contributed by atoms with van der Waals surface area (Å²) >= 11 is 0. The Bertz CT molecular complexity index is 1310. The molecule has 0 aliphatic rings. The van der Waals surface area contributed by atoms with Crippen LogP contribution in [-0.4, -0.2) is 28.0 Å². The van der Waals surface area contributed by atoms with Crippen LogP contribution in [0.15, 0.2) is 73.7 Å². The van der Waals surface area contributed by atoms with Gasteiger partial charge in [0.15, 0.2) is 11.5 Å². The topological polar surface area (TPSA) is 98.3 Å². The number of anilines is 3. The molecule has 0 unspecified atom stereocenters. The molecule has 2 heterocycles. The summed E-state index contributed by atoms with van der Waals surface area (Å²) in [6, 6.07) is 12.7. The minimum atomic E-state index is -0.395. The number of fused-ring (bicyclic) bond motifs is 1. The van der Waals surface area contributed by atoms with Crippen LogP contribution in [0.5, 0.6) is 17.2 Å². The Labute approximate surface area is 182 Å². The summed E-state index contributed by atoms with van der Waals surface area (Å²) in [6.07, 6.45) is 4.11. The molecule has 0 saturated heterocycles. The van der Waals surface area contributed by atoms with Crippen molar-refractivity contribution in [1.82, 2.24) is 15.0 Å². The fourth-order valence-corrected chi connectivity index (χ4v) is 2.93. The number of hydrogen-bond acceptors (Lipinski definition) is 7. The zero-order valence-electron chi connectivity index (χ0n) is 17.0. The van der Waals surface area contributed by atoms with Gasteiger partial charge in [-0.15, -0.1) is 0 Å². The van der Waals surface area contributed by atoms with Crippen molar-refractivity contribution in [3.63, 3.8) is 0 Å². The fourth-order valence-electron chi connectivity index (χ4n) is 2.93. The van der Waals surface area contributed by atoms with Crippen molar-refractivity contribution in [3.8, 4) is 17.2 Å². The minimum Gasteiger partial charge on any atom is -0.493 e. The van der Waals surface area contributed by atoms with Gasteiger partial charge in [0.1, 0.15) is 29.5 Å². The van der Waals surface area contributed by atoms with Crippen molar-refractivity contribution in [2.75, 3.05) is 17.7 Å². The number of carbonyl (C=O) groups excluding carboxylic acids is 1. The van der Waals surface area contributed by atoms with Gasteiger partial charge in [-0.05, 0) is 36.4 Å². The summed E-state index contributed by atoms with van der Waals surface area (Å²) in [5, 5.41) is 6.48. The molecule has 0 spiro atoms. The molecule has 0 bridgehead atoms. The monoisotopic (exact) mass is 431 g/mol. The van der Waals surface area contributed by atoms with Crippen molar-refractivity contribution < 1.29 is 18.7 Å². The van der Waals surface area contributed by atoms with Crippen LogP contribution in [0.1, 0.15) is 0 Å². The largest absolute Gasteiger partial charge is 0.493 e. The number of hydrogen-bond donors (Lipinski definition) is 2. The minimum absolute atomic E-state index is 0.344. The van der Waals surface area contributed by atoms with E-state index in [2.05, 4.69) is 32.2 Å². The average molecular weight is 431 g/mol. The van der Waals surface area contributed by atoms with Crippen LogP contribution in [0.4, 0.5) is 21.7 Å². The first-order valence-corrected chi connectivity index (χ1v) is 9.48. The molecule has 4 aromatic rings. The maximum atomic E-state index is 13.4. The molecular weight excluding hydrogens is 413 g/mol. The predicted molar refractivity (Wildman–Crippen MR) is 119 cm³/mol. The summed E-state index contributed by atoms with van der Waals surface area (Å²) in [5.74, 6) is 1.31. The Balaban J connectivity index is 1.62. The molecule has 1 amide bonds. The van der Waals surface area contributed by atoms with Gasteiger partial charge >= 0.3 is 0 Å². The van der Waals surface area contributed by atoms with E-state index in [0.717, 1.165) is 6.08 Å². The van der Waals surface area contributed by atoms with Crippen molar-refractivity contribution >= 4 is 34.1 Å². The number of benzene rings is 2. The molecule has 0 aliphatic heterocycles. The fraction of sp³-hybridized carbons (Fsp3) is 0.0435.